The van der Waals surface area contributed by atoms with Crippen molar-refractivity contribution in [1.82, 2.24) is 15.5 Å². The minimum Gasteiger partial charge on any atom is -0.383 e. The van der Waals surface area contributed by atoms with E-state index in [4.69, 9.17) is 4.74 Å². The van der Waals surface area contributed by atoms with Gasteiger partial charge < -0.3 is 10.1 Å². The lowest BCUT2D eigenvalue weighted by Crippen LogP contribution is -2.20. The van der Waals surface area contributed by atoms with Gasteiger partial charge in [-0.25, -0.2) is 4.39 Å². The van der Waals surface area contributed by atoms with Crippen LogP contribution in [0.3, 0.4) is 0 Å². The topological polar surface area (TPSA) is 47.0 Å². The smallest absolute Gasteiger partial charge is 0.148 e. The Labute approximate surface area is 141 Å². The van der Waals surface area contributed by atoms with Crippen LogP contribution in [0, 0.1) is 9.39 Å². The van der Waals surface area contributed by atoms with Crippen molar-refractivity contribution in [3.8, 4) is 10.6 Å². The fourth-order valence-corrected chi connectivity index (χ4v) is 3.63. The summed E-state index contributed by atoms with van der Waals surface area (Å²) in [5, 5.41) is 13.6. The summed E-state index contributed by atoms with van der Waals surface area (Å²) in [5.41, 5.74) is 0.943. The van der Waals surface area contributed by atoms with Gasteiger partial charge in [0, 0.05) is 29.2 Å². The quantitative estimate of drug-likeness (QED) is 0.526. The van der Waals surface area contributed by atoms with Crippen LogP contribution < -0.4 is 5.32 Å². The number of methoxy groups -OCH3 is 1. The molecule has 0 fully saturated rings. The van der Waals surface area contributed by atoms with Crippen LogP contribution in [0.15, 0.2) is 18.2 Å². The maximum absolute atomic E-state index is 13.1. The first-order valence-electron chi connectivity index (χ1n) is 6.68. The van der Waals surface area contributed by atoms with Crippen LogP contribution in [-0.4, -0.2) is 37.0 Å². The van der Waals surface area contributed by atoms with Crippen molar-refractivity contribution in [2.45, 2.75) is 12.8 Å². The van der Waals surface area contributed by atoms with Crippen molar-refractivity contribution in [2.24, 2.45) is 0 Å². The Morgan fingerprint density at radius 1 is 1.33 bits per heavy atom. The SMILES string of the molecule is COCCNCCCc1nnc(-c2ccc(F)cc2I)s1. The van der Waals surface area contributed by atoms with E-state index in [0.29, 0.717) is 0 Å². The van der Waals surface area contributed by atoms with Crippen molar-refractivity contribution in [2.75, 3.05) is 26.8 Å². The van der Waals surface area contributed by atoms with E-state index >= 15 is 0 Å². The molecular weight excluding hydrogens is 404 g/mol. The number of nitrogens with zero attached hydrogens (tertiary/aromatic N) is 2. The number of nitrogens with one attached hydrogen (secondary N) is 1. The summed E-state index contributed by atoms with van der Waals surface area (Å²) >= 11 is 3.70. The van der Waals surface area contributed by atoms with Gasteiger partial charge >= 0.3 is 0 Å². The molecule has 0 bridgehead atoms. The van der Waals surface area contributed by atoms with Crippen molar-refractivity contribution in [3.05, 3.63) is 32.6 Å². The van der Waals surface area contributed by atoms with Crippen LogP contribution in [0.4, 0.5) is 4.39 Å². The van der Waals surface area contributed by atoms with E-state index in [1.807, 2.05) is 0 Å². The number of ether oxygens (including phenoxy) is 1. The Hall–Kier alpha value is -0.640. The van der Waals surface area contributed by atoms with Crippen LogP contribution in [-0.2, 0) is 11.2 Å². The van der Waals surface area contributed by atoms with Gasteiger partial charge in [0.05, 0.1) is 6.61 Å². The normalized spacial score (nSPS) is 11.0. The van der Waals surface area contributed by atoms with Crippen molar-refractivity contribution in [3.63, 3.8) is 0 Å². The van der Waals surface area contributed by atoms with Crippen molar-refractivity contribution < 1.29 is 9.13 Å². The zero-order chi connectivity index (χ0) is 15.1. The molecule has 0 unspecified atom stereocenters. The largest absolute Gasteiger partial charge is 0.383 e. The van der Waals surface area contributed by atoms with E-state index in [2.05, 4.69) is 38.1 Å². The zero-order valence-electron chi connectivity index (χ0n) is 11.7. The molecular formula is C14H17FIN3OS. The number of benzene rings is 1. The van der Waals surface area contributed by atoms with Gasteiger partial charge in [-0.3, -0.25) is 0 Å². The molecule has 0 spiro atoms. The Kier molecular flexibility index (Phi) is 6.94. The average molecular weight is 421 g/mol. The van der Waals surface area contributed by atoms with Gasteiger partial charge in [0.2, 0.25) is 0 Å². The number of aromatic nitrogens is 2. The Balaban J connectivity index is 1.86. The Morgan fingerprint density at radius 2 is 2.19 bits per heavy atom. The average Bonchev–Trinajstić information content (AvgIpc) is 2.91. The summed E-state index contributed by atoms with van der Waals surface area (Å²) in [7, 11) is 1.70. The molecule has 2 rings (SSSR count). The number of hydrogen-bond acceptors (Lipinski definition) is 5. The fraction of sp³-hybridized carbons (Fsp3) is 0.429. The first-order valence-corrected chi connectivity index (χ1v) is 8.57. The molecule has 1 aromatic heterocycles. The van der Waals surface area contributed by atoms with E-state index in [1.54, 1.807) is 24.5 Å². The molecule has 4 nitrogen and oxygen atoms in total. The third kappa shape index (κ3) is 5.24. The standard InChI is InChI=1S/C14H17FIN3OS/c1-20-8-7-17-6-2-3-13-18-19-14(21-13)11-5-4-10(15)9-12(11)16/h4-5,9,17H,2-3,6-8H2,1H3. The van der Waals surface area contributed by atoms with Gasteiger partial charge in [0.15, 0.2) is 0 Å². The maximum Gasteiger partial charge on any atom is 0.148 e. The third-order valence-corrected chi connectivity index (χ3v) is 4.76. The van der Waals surface area contributed by atoms with Gasteiger partial charge in [-0.1, -0.05) is 11.3 Å². The third-order valence-electron chi connectivity index (χ3n) is 2.86. The molecule has 0 amide bonds. The number of hydrogen-bond donors (Lipinski definition) is 1. The molecule has 0 aliphatic heterocycles. The minimum absolute atomic E-state index is 0.227. The van der Waals surface area contributed by atoms with Crippen LogP contribution in [0.25, 0.3) is 10.6 Å². The zero-order valence-corrected chi connectivity index (χ0v) is 14.7. The van der Waals surface area contributed by atoms with Crippen molar-refractivity contribution >= 4 is 33.9 Å². The molecule has 0 saturated heterocycles. The molecule has 114 valence electrons. The predicted octanol–water partition coefficient (Wildman–Crippen LogP) is 3.12. The van der Waals surface area contributed by atoms with E-state index in [1.165, 1.54) is 12.1 Å². The summed E-state index contributed by atoms with van der Waals surface area (Å²) in [6.07, 6.45) is 1.91. The fourth-order valence-electron chi connectivity index (χ4n) is 1.79. The molecule has 7 heteroatoms. The summed E-state index contributed by atoms with van der Waals surface area (Å²) in [6, 6.07) is 4.72. The van der Waals surface area contributed by atoms with Crippen LogP contribution in [0.2, 0.25) is 0 Å². The molecule has 1 aromatic carbocycles. The summed E-state index contributed by atoms with van der Waals surface area (Å²) < 4.78 is 18.9. The second-order valence-corrected chi connectivity index (χ2v) is 6.70. The summed E-state index contributed by atoms with van der Waals surface area (Å²) in [6.45, 7) is 2.53. The maximum atomic E-state index is 13.1. The van der Waals surface area contributed by atoms with E-state index in [-0.39, 0.29) is 5.82 Å². The highest BCUT2D eigenvalue weighted by Gasteiger charge is 2.10. The molecule has 0 saturated carbocycles. The molecule has 1 N–H and O–H groups in total. The highest BCUT2D eigenvalue weighted by molar-refractivity contribution is 14.1. The lowest BCUT2D eigenvalue weighted by atomic mass is 10.2. The molecule has 0 aliphatic rings. The second-order valence-electron chi connectivity index (χ2n) is 4.47. The molecule has 2 aromatic rings. The van der Waals surface area contributed by atoms with Crippen LogP contribution in [0.1, 0.15) is 11.4 Å². The highest BCUT2D eigenvalue weighted by Crippen LogP contribution is 2.28. The van der Waals surface area contributed by atoms with Gasteiger partial charge in [-0.2, -0.15) is 0 Å². The van der Waals surface area contributed by atoms with E-state index < -0.39 is 0 Å². The molecule has 21 heavy (non-hydrogen) atoms. The minimum atomic E-state index is -0.227. The predicted molar refractivity (Wildman–Crippen MR) is 91.1 cm³/mol. The lowest BCUT2D eigenvalue weighted by molar-refractivity contribution is 0.199. The molecule has 0 aliphatic carbocycles. The molecule has 0 atom stereocenters. The lowest BCUT2D eigenvalue weighted by Gasteiger charge is -2.02. The van der Waals surface area contributed by atoms with Crippen LogP contribution >= 0.6 is 33.9 Å². The van der Waals surface area contributed by atoms with E-state index in [0.717, 1.165) is 51.7 Å². The van der Waals surface area contributed by atoms with Gasteiger partial charge in [-0.15, -0.1) is 10.2 Å². The van der Waals surface area contributed by atoms with Gasteiger partial charge in [-0.05, 0) is 53.8 Å². The van der Waals surface area contributed by atoms with Gasteiger partial charge in [0.1, 0.15) is 15.8 Å². The Morgan fingerprint density at radius 3 is 2.95 bits per heavy atom. The second kappa shape index (κ2) is 8.72. The Bertz CT molecular complexity index is 579. The van der Waals surface area contributed by atoms with Gasteiger partial charge in [0.25, 0.3) is 0 Å². The monoisotopic (exact) mass is 421 g/mol. The number of aryl methyl sites for hydroxylation is 1. The van der Waals surface area contributed by atoms with Crippen molar-refractivity contribution in [1.29, 1.82) is 0 Å². The first-order chi connectivity index (χ1) is 10.2. The molecule has 1 heterocycles. The number of halogens is 2. The highest BCUT2D eigenvalue weighted by atomic mass is 127. The van der Waals surface area contributed by atoms with Crippen LogP contribution in [0.5, 0.6) is 0 Å². The molecule has 0 radical (unpaired) electrons. The summed E-state index contributed by atoms with van der Waals surface area (Å²) in [4.78, 5) is 0. The van der Waals surface area contributed by atoms with E-state index in [9.17, 15) is 4.39 Å². The first kappa shape index (κ1) is 16.7. The summed E-state index contributed by atoms with van der Waals surface area (Å²) in [5.74, 6) is -0.227. The number of rotatable bonds is 8.